The number of fused-ring (bicyclic) bond motifs is 1. The van der Waals surface area contributed by atoms with Gasteiger partial charge in [0.05, 0.1) is 11.1 Å². The van der Waals surface area contributed by atoms with Crippen LogP contribution in [0.3, 0.4) is 0 Å². The molecular weight excluding hydrogens is 273 g/mol. The lowest BCUT2D eigenvalue weighted by Crippen LogP contribution is -1.97. The van der Waals surface area contributed by atoms with Crippen LogP contribution in [0.5, 0.6) is 0 Å². The summed E-state index contributed by atoms with van der Waals surface area (Å²) < 4.78 is 5.18. The standard InChI is InChI=1S/C7H4INO3/c8-5-4-3(1-2-9-5)6(10)12-7(4)11/h1-2,7,11H. The van der Waals surface area contributed by atoms with Gasteiger partial charge in [0.2, 0.25) is 6.29 Å². The second-order valence-corrected chi connectivity index (χ2v) is 3.34. The van der Waals surface area contributed by atoms with E-state index in [9.17, 15) is 9.90 Å². The molecule has 0 saturated carbocycles. The van der Waals surface area contributed by atoms with Crippen LogP contribution in [0.4, 0.5) is 0 Å². The minimum absolute atomic E-state index is 0.405. The van der Waals surface area contributed by atoms with E-state index in [1.165, 1.54) is 12.3 Å². The lowest BCUT2D eigenvalue weighted by atomic mass is 10.2. The second kappa shape index (κ2) is 2.67. The maximum absolute atomic E-state index is 11.0. The van der Waals surface area contributed by atoms with Crippen molar-refractivity contribution in [3.05, 3.63) is 27.1 Å². The summed E-state index contributed by atoms with van der Waals surface area (Å²) in [7, 11) is 0. The molecule has 62 valence electrons. The van der Waals surface area contributed by atoms with Crippen molar-refractivity contribution >= 4 is 28.6 Å². The number of pyridine rings is 1. The maximum Gasteiger partial charge on any atom is 0.341 e. The molecule has 0 saturated heterocycles. The van der Waals surface area contributed by atoms with Crippen molar-refractivity contribution in [3.63, 3.8) is 0 Å². The number of halogens is 1. The molecule has 1 atom stereocenters. The number of hydrogen-bond acceptors (Lipinski definition) is 4. The van der Waals surface area contributed by atoms with Crippen molar-refractivity contribution < 1.29 is 14.6 Å². The van der Waals surface area contributed by atoms with E-state index in [-0.39, 0.29) is 0 Å². The molecule has 5 heteroatoms. The highest BCUT2D eigenvalue weighted by Crippen LogP contribution is 2.30. The first-order valence-electron chi connectivity index (χ1n) is 3.23. The van der Waals surface area contributed by atoms with Crippen LogP contribution < -0.4 is 0 Å². The van der Waals surface area contributed by atoms with Crippen LogP contribution in [-0.4, -0.2) is 16.1 Å². The van der Waals surface area contributed by atoms with Gasteiger partial charge in [0.25, 0.3) is 0 Å². The second-order valence-electron chi connectivity index (χ2n) is 2.32. The number of carbonyl (C=O) groups is 1. The number of cyclic esters (lactones) is 1. The van der Waals surface area contributed by atoms with Crippen LogP contribution in [-0.2, 0) is 4.74 Å². The van der Waals surface area contributed by atoms with E-state index in [2.05, 4.69) is 9.72 Å². The zero-order valence-corrected chi connectivity index (χ0v) is 7.98. The molecule has 1 aliphatic heterocycles. The van der Waals surface area contributed by atoms with Gasteiger partial charge in [-0.3, -0.25) is 0 Å². The van der Waals surface area contributed by atoms with Crippen LogP contribution in [0, 0.1) is 3.70 Å². The van der Waals surface area contributed by atoms with Crippen molar-refractivity contribution in [2.24, 2.45) is 0 Å². The Kier molecular flexibility index (Phi) is 1.76. The zero-order chi connectivity index (χ0) is 8.72. The number of aliphatic hydroxyl groups is 1. The molecule has 1 aromatic rings. The largest absolute Gasteiger partial charge is 0.428 e. The maximum atomic E-state index is 11.0. The molecule has 2 rings (SSSR count). The van der Waals surface area contributed by atoms with Crippen molar-refractivity contribution in [3.8, 4) is 0 Å². The minimum Gasteiger partial charge on any atom is -0.428 e. The molecule has 1 unspecified atom stereocenters. The average Bonchev–Trinajstić information content (AvgIpc) is 2.29. The smallest absolute Gasteiger partial charge is 0.341 e. The quantitative estimate of drug-likeness (QED) is 0.434. The highest BCUT2D eigenvalue weighted by atomic mass is 127. The highest BCUT2D eigenvalue weighted by molar-refractivity contribution is 14.1. The fourth-order valence-electron chi connectivity index (χ4n) is 1.08. The third kappa shape index (κ3) is 1.00. The summed E-state index contributed by atoms with van der Waals surface area (Å²) in [6.07, 6.45) is 0.369. The van der Waals surface area contributed by atoms with Gasteiger partial charge >= 0.3 is 5.97 Å². The normalized spacial score (nSPS) is 20.5. The zero-order valence-electron chi connectivity index (χ0n) is 5.82. The number of esters is 1. The lowest BCUT2D eigenvalue weighted by Gasteiger charge is -2.01. The molecule has 1 aliphatic rings. The van der Waals surface area contributed by atoms with Gasteiger partial charge in [0.1, 0.15) is 3.70 Å². The van der Waals surface area contributed by atoms with E-state index in [1.54, 1.807) is 0 Å². The van der Waals surface area contributed by atoms with E-state index >= 15 is 0 Å². The van der Waals surface area contributed by atoms with Gasteiger partial charge in [-0.2, -0.15) is 0 Å². The lowest BCUT2D eigenvalue weighted by molar-refractivity contribution is -0.0553. The fraction of sp³-hybridized carbons (Fsp3) is 0.143. The Morgan fingerprint density at radius 2 is 2.42 bits per heavy atom. The number of nitrogens with zero attached hydrogens (tertiary/aromatic N) is 1. The van der Waals surface area contributed by atoms with Gasteiger partial charge in [0.15, 0.2) is 0 Å². The SMILES string of the molecule is O=C1OC(O)c2c1ccnc2I. The van der Waals surface area contributed by atoms with E-state index < -0.39 is 12.3 Å². The Hall–Kier alpha value is -0.690. The van der Waals surface area contributed by atoms with E-state index in [4.69, 9.17) is 0 Å². The van der Waals surface area contributed by atoms with Crippen molar-refractivity contribution in [1.29, 1.82) is 0 Å². The molecule has 0 bridgehead atoms. The Morgan fingerprint density at radius 3 is 3.08 bits per heavy atom. The molecule has 1 N–H and O–H groups in total. The Bertz CT molecular complexity index is 353. The molecule has 2 heterocycles. The minimum atomic E-state index is -1.15. The van der Waals surface area contributed by atoms with E-state index in [1.807, 2.05) is 22.6 Å². The van der Waals surface area contributed by atoms with Crippen molar-refractivity contribution in [1.82, 2.24) is 4.98 Å². The molecular formula is C7H4INO3. The summed E-state index contributed by atoms with van der Waals surface area (Å²) in [5, 5.41) is 9.24. The number of rotatable bonds is 0. The third-order valence-corrected chi connectivity index (χ3v) is 2.49. The summed E-state index contributed by atoms with van der Waals surface area (Å²) in [6.45, 7) is 0. The van der Waals surface area contributed by atoms with E-state index in [0.717, 1.165) is 0 Å². The number of hydrogen-bond donors (Lipinski definition) is 1. The number of aliphatic hydroxyl groups excluding tert-OH is 1. The molecule has 0 aliphatic carbocycles. The first-order valence-corrected chi connectivity index (χ1v) is 4.31. The summed E-state index contributed by atoms with van der Waals surface area (Å²) >= 11 is 1.95. The number of aromatic nitrogens is 1. The predicted molar refractivity (Wildman–Crippen MR) is 47.3 cm³/mol. The highest BCUT2D eigenvalue weighted by Gasteiger charge is 2.31. The number of carbonyl (C=O) groups excluding carboxylic acids is 1. The van der Waals surface area contributed by atoms with Crippen molar-refractivity contribution in [2.45, 2.75) is 6.29 Å². The molecule has 0 radical (unpaired) electrons. The fourth-order valence-corrected chi connectivity index (χ4v) is 1.80. The number of ether oxygens (including phenoxy) is 1. The van der Waals surface area contributed by atoms with Crippen LogP contribution in [0.25, 0.3) is 0 Å². The van der Waals surface area contributed by atoms with Gasteiger partial charge < -0.3 is 9.84 Å². The van der Waals surface area contributed by atoms with Gasteiger partial charge in [-0.25, -0.2) is 9.78 Å². The van der Waals surface area contributed by atoms with Crippen LogP contribution in [0.2, 0.25) is 0 Å². The van der Waals surface area contributed by atoms with Gasteiger partial charge in [0, 0.05) is 6.20 Å². The van der Waals surface area contributed by atoms with E-state index in [0.29, 0.717) is 14.8 Å². The predicted octanol–water partition coefficient (Wildman–Crippen LogP) is 0.847. The summed E-state index contributed by atoms with van der Waals surface area (Å²) in [5.41, 5.74) is 0.880. The van der Waals surface area contributed by atoms with Crippen LogP contribution in [0.1, 0.15) is 22.2 Å². The molecule has 0 amide bonds. The molecule has 12 heavy (non-hydrogen) atoms. The summed E-state index contributed by atoms with van der Waals surface area (Å²) in [6, 6.07) is 1.54. The molecule has 0 fully saturated rings. The van der Waals surface area contributed by atoms with Crippen LogP contribution >= 0.6 is 22.6 Å². The Balaban J connectivity index is 2.67. The summed E-state index contributed by atoms with van der Waals surface area (Å²) in [4.78, 5) is 14.9. The van der Waals surface area contributed by atoms with Crippen molar-refractivity contribution in [2.75, 3.05) is 0 Å². The third-order valence-electron chi connectivity index (χ3n) is 1.63. The Labute approximate surface area is 81.7 Å². The first kappa shape index (κ1) is 7.93. The first-order chi connectivity index (χ1) is 5.70. The van der Waals surface area contributed by atoms with Gasteiger partial charge in [-0.1, -0.05) is 0 Å². The topological polar surface area (TPSA) is 59.4 Å². The van der Waals surface area contributed by atoms with Gasteiger partial charge in [-0.15, -0.1) is 0 Å². The molecule has 4 nitrogen and oxygen atoms in total. The van der Waals surface area contributed by atoms with Crippen LogP contribution in [0.15, 0.2) is 12.3 Å². The monoisotopic (exact) mass is 277 g/mol. The van der Waals surface area contributed by atoms with Gasteiger partial charge in [-0.05, 0) is 28.7 Å². The summed E-state index contributed by atoms with van der Waals surface area (Å²) in [5.74, 6) is -0.488. The Morgan fingerprint density at radius 1 is 1.67 bits per heavy atom. The molecule has 0 spiro atoms. The average molecular weight is 277 g/mol. The molecule has 0 aromatic carbocycles. The molecule has 1 aromatic heterocycles.